The number of sulfonamides is 2. The summed E-state index contributed by atoms with van der Waals surface area (Å²) >= 11 is 5.86. The minimum atomic E-state index is -4.04. The van der Waals surface area contributed by atoms with E-state index in [9.17, 15) is 26.0 Å². The van der Waals surface area contributed by atoms with Crippen LogP contribution in [-0.2, 0) is 24.8 Å². The van der Waals surface area contributed by atoms with Crippen molar-refractivity contribution in [2.75, 3.05) is 18.4 Å². The van der Waals surface area contributed by atoms with Gasteiger partial charge in [0.2, 0.25) is 26.0 Å². The maximum Gasteiger partial charge on any atom is 0.243 e. The highest BCUT2D eigenvalue weighted by Crippen LogP contribution is 2.26. The van der Waals surface area contributed by atoms with E-state index in [1.165, 1.54) is 77.1 Å². The molecule has 3 aromatic rings. The molecular formula is C27H29ClFN3O5S2. The first-order chi connectivity index (χ1) is 18.4. The smallest absolute Gasteiger partial charge is 0.243 e. The lowest BCUT2D eigenvalue weighted by Gasteiger charge is -2.30. The van der Waals surface area contributed by atoms with Crippen molar-refractivity contribution in [2.45, 2.75) is 42.0 Å². The van der Waals surface area contributed by atoms with Crippen molar-refractivity contribution >= 4 is 43.2 Å². The zero-order valence-electron chi connectivity index (χ0n) is 21.2. The van der Waals surface area contributed by atoms with E-state index in [-0.39, 0.29) is 16.2 Å². The number of nitrogens with zero attached hydrogens (tertiary/aromatic N) is 1. The number of carbonyl (C=O) groups excluding carboxylic acids is 1. The first kappa shape index (κ1) is 29.2. The van der Waals surface area contributed by atoms with Gasteiger partial charge in [0.05, 0.1) is 15.8 Å². The van der Waals surface area contributed by atoms with Gasteiger partial charge >= 0.3 is 0 Å². The molecular weight excluding hydrogens is 565 g/mol. The quantitative estimate of drug-likeness (QED) is 0.365. The summed E-state index contributed by atoms with van der Waals surface area (Å²) in [5.41, 5.74) is 0.741. The fourth-order valence-corrected chi connectivity index (χ4v) is 7.36. The average molecular weight is 594 g/mol. The van der Waals surface area contributed by atoms with E-state index in [1.54, 1.807) is 0 Å². The second kappa shape index (κ2) is 12.1. The minimum absolute atomic E-state index is 0.0423. The molecule has 1 heterocycles. The van der Waals surface area contributed by atoms with E-state index in [0.717, 1.165) is 12.8 Å². The molecule has 208 valence electrons. The molecule has 0 radical (unpaired) electrons. The Morgan fingerprint density at radius 3 is 2.21 bits per heavy atom. The van der Waals surface area contributed by atoms with Crippen molar-refractivity contribution in [2.24, 2.45) is 5.92 Å². The first-order valence-corrected chi connectivity index (χ1v) is 15.7. The number of hydrogen-bond acceptors (Lipinski definition) is 5. The molecule has 39 heavy (non-hydrogen) atoms. The van der Waals surface area contributed by atoms with Crippen LogP contribution in [0.15, 0.2) is 82.6 Å². The molecule has 2 atom stereocenters. The third kappa shape index (κ3) is 7.43. The topological polar surface area (TPSA) is 113 Å². The van der Waals surface area contributed by atoms with Gasteiger partial charge in [-0.1, -0.05) is 30.7 Å². The second-order valence-electron chi connectivity index (χ2n) is 9.57. The van der Waals surface area contributed by atoms with Crippen LogP contribution in [0.5, 0.6) is 0 Å². The van der Waals surface area contributed by atoms with Crippen molar-refractivity contribution in [1.82, 2.24) is 9.03 Å². The second-order valence-corrected chi connectivity index (χ2v) is 13.7. The highest BCUT2D eigenvalue weighted by atomic mass is 35.5. The van der Waals surface area contributed by atoms with Crippen LogP contribution in [0.1, 0.15) is 37.8 Å². The van der Waals surface area contributed by atoms with Crippen molar-refractivity contribution in [3.63, 3.8) is 0 Å². The van der Waals surface area contributed by atoms with Gasteiger partial charge in [0, 0.05) is 30.2 Å². The molecule has 0 unspecified atom stereocenters. The molecule has 3 aromatic carbocycles. The van der Waals surface area contributed by atoms with Gasteiger partial charge in [0.1, 0.15) is 5.82 Å². The van der Waals surface area contributed by atoms with Gasteiger partial charge in [-0.25, -0.2) is 25.9 Å². The highest BCUT2D eigenvalue weighted by Gasteiger charge is 2.29. The molecule has 1 amide bonds. The van der Waals surface area contributed by atoms with Crippen LogP contribution in [0.3, 0.4) is 0 Å². The molecule has 1 aliphatic heterocycles. The Morgan fingerprint density at radius 1 is 0.974 bits per heavy atom. The number of halogens is 2. The molecule has 0 aliphatic carbocycles. The van der Waals surface area contributed by atoms with Crippen LogP contribution in [0.25, 0.3) is 0 Å². The van der Waals surface area contributed by atoms with E-state index >= 15 is 0 Å². The molecule has 1 aliphatic rings. The summed E-state index contributed by atoms with van der Waals surface area (Å²) in [7, 11) is -7.69. The van der Waals surface area contributed by atoms with Crippen LogP contribution >= 0.6 is 11.6 Å². The SMILES string of the molecule is C[C@H]1CCCN(S(=O)(=O)c2ccc(NC(=O)C[C@@H](NS(=O)(=O)c3ccc(Cl)cc3)c3ccc(F)cc3)cc2)C1. The van der Waals surface area contributed by atoms with Gasteiger partial charge < -0.3 is 5.32 Å². The Balaban J connectivity index is 1.48. The van der Waals surface area contributed by atoms with Crippen molar-refractivity contribution in [1.29, 1.82) is 0 Å². The lowest BCUT2D eigenvalue weighted by atomic mass is 10.0. The Kier molecular flexibility index (Phi) is 9.07. The fourth-order valence-electron chi connectivity index (χ4n) is 4.41. The maximum absolute atomic E-state index is 13.5. The molecule has 1 saturated heterocycles. The molecule has 8 nitrogen and oxygen atoms in total. The molecule has 4 rings (SSSR count). The van der Waals surface area contributed by atoms with Gasteiger partial charge in [0.15, 0.2) is 0 Å². The molecule has 12 heteroatoms. The monoisotopic (exact) mass is 593 g/mol. The van der Waals surface area contributed by atoms with E-state index < -0.39 is 37.8 Å². The van der Waals surface area contributed by atoms with Gasteiger partial charge in [-0.15, -0.1) is 0 Å². The maximum atomic E-state index is 13.5. The number of nitrogens with one attached hydrogen (secondary N) is 2. The molecule has 0 bridgehead atoms. The number of amides is 1. The molecule has 1 fully saturated rings. The molecule has 0 saturated carbocycles. The van der Waals surface area contributed by atoms with E-state index in [1.807, 2.05) is 6.92 Å². The van der Waals surface area contributed by atoms with Crippen molar-refractivity contribution in [3.8, 4) is 0 Å². The largest absolute Gasteiger partial charge is 0.326 e. The van der Waals surface area contributed by atoms with E-state index in [2.05, 4.69) is 10.0 Å². The number of carbonyl (C=O) groups is 1. The summed E-state index contributed by atoms with van der Waals surface area (Å²) in [6.45, 7) is 2.97. The predicted molar refractivity (Wildman–Crippen MR) is 148 cm³/mol. The highest BCUT2D eigenvalue weighted by molar-refractivity contribution is 7.89. The number of benzene rings is 3. The summed E-state index contributed by atoms with van der Waals surface area (Å²) in [5.74, 6) is -0.738. The van der Waals surface area contributed by atoms with Crippen LogP contribution in [-0.4, -0.2) is 40.1 Å². The molecule has 2 N–H and O–H groups in total. The van der Waals surface area contributed by atoms with Gasteiger partial charge in [-0.2, -0.15) is 4.31 Å². The third-order valence-electron chi connectivity index (χ3n) is 6.48. The zero-order chi connectivity index (χ0) is 28.2. The molecule has 0 spiro atoms. The lowest BCUT2D eigenvalue weighted by molar-refractivity contribution is -0.116. The minimum Gasteiger partial charge on any atom is -0.326 e. The number of anilines is 1. The normalized spacial score (nSPS) is 17.5. The van der Waals surface area contributed by atoms with Crippen LogP contribution in [0.4, 0.5) is 10.1 Å². The Morgan fingerprint density at radius 2 is 1.59 bits per heavy atom. The van der Waals surface area contributed by atoms with E-state index in [0.29, 0.717) is 35.3 Å². The Hall–Kier alpha value is -2.83. The van der Waals surface area contributed by atoms with E-state index in [4.69, 9.17) is 11.6 Å². The number of piperidine rings is 1. The van der Waals surface area contributed by atoms with Gasteiger partial charge in [-0.3, -0.25) is 4.79 Å². The first-order valence-electron chi connectivity index (χ1n) is 12.4. The van der Waals surface area contributed by atoms with Crippen LogP contribution in [0, 0.1) is 11.7 Å². The lowest BCUT2D eigenvalue weighted by Crippen LogP contribution is -2.39. The number of rotatable bonds is 9. The Labute approximate surface area is 233 Å². The van der Waals surface area contributed by atoms with Crippen LogP contribution in [0.2, 0.25) is 5.02 Å². The van der Waals surface area contributed by atoms with Gasteiger partial charge in [-0.05, 0) is 85.0 Å². The summed E-state index contributed by atoms with van der Waals surface area (Å²) in [6.07, 6.45) is 1.50. The number of hydrogen-bond donors (Lipinski definition) is 2. The van der Waals surface area contributed by atoms with Crippen molar-refractivity contribution in [3.05, 3.63) is 89.2 Å². The standard InChI is InChI=1S/C27H29ClFN3O5S2/c1-19-3-2-16-32(18-19)39(36,37)25-14-10-23(11-15-25)30-27(33)17-26(20-4-8-22(29)9-5-20)31-38(34,35)24-12-6-21(28)7-13-24/h4-15,19,26,31H,2-3,16-18H2,1H3,(H,30,33)/t19-,26+/m0/s1. The summed E-state index contributed by atoms with van der Waals surface area (Å²) in [6, 6.07) is 15.6. The zero-order valence-corrected chi connectivity index (χ0v) is 23.6. The Bertz CT molecular complexity index is 1520. The molecule has 0 aromatic heterocycles. The van der Waals surface area contributed by atoms with Gasteiger partial charge in [0.25, 0.3) is 0 Å². The summed E-state index contributed by atoms with van der Waals surface area (Å²) in [4.78, 5) is 13.0. The average Bonchev–Trinajstić information content (AvgIpc) is 2.89. The predicted octanol–water partition coefficient (Wildman–Crippen LogP) is 4.95. The van der Waals surface area contributed by atoms with Crippen LogP contribution < -0.4 is 10.0 Å². The fraction of sp³-hybridized carbons (Fsp3) is 0.296. The summed E-state index contributed by atoms with van der Waals surface area (Å²) in [5, 5.41) is 3.05. The summed E-state index contributed by atoms with van der Waals surface area (Å²) < 4.78 is 69.5. The third-order valence-corrected chi connectivity index (χ3v) is 10.1. The van der Waals surface area contributed by atoms with Crippen molar-refractivity contribution < 1.29 is 26.0 Å².